The Bertz CT molecular complexity index is 904. The Morgan fingerprint density at radius 1 is 0.579 bits per heavy atom. The minimum Gasteiger partial charge on any atom is -0.394 e. The summed E-state index contributed by atoms with van der Waals surface area (Å²) in [6.07, 6.45) is 38.3. The van der Waals surface area contributed by atoms with E-state index in [1.54, 1.807) is 6.08 Å². The van der Waals surface area contributed by atoms with Crippen molar-refractivity contribution in [1.29, 1.82) is 0 Å². The summed E-state index contributed by atoms with van der Waals surface area (Å²) < 4.78 is 11.2. The summed E-state index contributed by atoms with van der Waals surface area (Å²) in [7, 11) is 0. The molecule has 57 heavy (non-hydrogen) atoms. The Morgan fingerprint density at radius 2 is 0.965 bits per heavy atom. The summed E-state index contributed by atoms with van der Waals surface area (Å²) in [6.45, 7) is 3.79. The van der Waals surface area contributed by atoms with E-state index in [1.807, 2.05) is 6.08 Å². The van der Waals surface area contributed by atoms with Gasteiger partial charge in [0.2, 0.25) is 5.91 Å². The average Bonchev–Trinajstić information content (AvgIpc) is 3.21. The van der Waals surface area contributed by atoms with Crippen LogP contribution in [0.4, 0.5) is 0 Å². The molecule has 9 nitrogen and oxygen atoms in total. The van der Waals surface area contributed by atoms with Crippen molar-refractivity contribution < 1.29 is 39.8 Å². The fourth-order valence-corrected chi connectivity index (χ4v) is 7.92. The summed E-state index contributed by atoms with van der Waals surface area (Å²) in [5.41, 5.74) is 0. The van der Waals surface area contributed by atoms with Crippen molar-refractivity contribution in [3.05, 3.63) is 12.2 Å². The topological polar surface area (TPSA) is 149 Å². The molecule has 1 fully saturated rings. The van der Waals surface area contributed by atoms with Crippen LogP contribution in [0.1, 0.15) is 232 Å². The predicted octanol–water partition coefficient (Wildman–Crippen LogP) is 10.5. The van der Waals surface area contributed by atoms with Gasteiger partial charge >= 0.3 is 0 Å². The molecule has 338 valence electrons. The highest BCUT2D eigenvalue weighted by molar-refractivity contribution is 5.76. The number of ether oxygens (including phenoxy) is 2. The highest BCUT2D eigenvalue weighted by Crippen LogP contribution is 2.23. The van der Waals surface area contributed by atoms with Gasteiger partial charge < -0.3 is 40.3 Å². The van der Waals surface area contributed by atoms with E-state index in [9.17, 15) is 30.3 Å². The molecule has 0 aromatic heterocycles. The SMILES string of the molecule is CCCCCCCCCCCCC/C=C\[C@@H](O)[C@H](CO[C@@H]1O[C@H](CO)[C@@H](O)[C@H](O)[C@H]1O)NC(=O)CCCCCCCCCCCCCCCCCCCCCCC. The molecule has 6 N–H and O–H groups in total. The van der Waals surface area contributed by atoms with Gasteiger partial charge in [-0.25, -0.2) is 0 Å². The van der Waals surface area contributed by atoms with Crippen molar-refractivity contribution in [3.8, 4) is 0 Å². The van der Waals surface area contributed by atoms with E-state index in [1.165, 1.54) is 173 Å². The van der Waals surface area contributed by atoms with Crippen LogP contribution in [-0.4, -0.2) is 87.5 Å². The number of allylic oxidation sites excluding steroid dienone is 1. The van der Waals surface area contributed by atoms with Gasteiger partial charge in [0.05, 0.1) is 25.4 Å². The molecule has 0 aromatic rings. The second-order valence-electron chi connectivity index (χ2n) is 17.3. The van der Waals surface area contributed by atoms with Crippen LogP contribution in [0.15, 0.2) is 12.2 Å². The summed E-state index contributed by atoms with van der Waals surface area (Å²) in [4.78, 5) is 13.0. The predicted molar refractivity (Wildman–Crippen MR) is 235 cm³/mol. The van der Waals surface area contributed by atoms with Gasteiger partial charge in [0.25, 0.3) is 0 Å². The molecule has 0 aromatic carbocycles. The third kappa shape index (κ3) is 29.7. The minimum atomic E-state index is -1.56. The highest BCUT2D eigenvalue weighted by Gasteiger charge is 2.44. The Balaban J connectivity index is 2.27. The number of carbonyl (C=O) groups excluding carboxylic acids is 1. The van der Waals surface area contributed by atoms with Crippen LogP contribution in [0.3, 0.4) is 0 Å². The molecule has 0 aliphatic carbocycles. The largest absolute Gasteiger partial charge is 0.394 e. The van der Waals surface area contributed by atoms with Gasteiger partial charge in [-0.05, 0) is 19.3 Å². The second-order valence-corrected chi connectivity index (χ2v) is 17.3. The molecular weight excluding hydrogens is 719 g/mol. The first-order chi connectivity index (χ1) is 27.8. The lowest BCUT2D eigenvalue weighted by molar-refractivity contribution is -0.302. The van der Waals surface area contributed by atoms with Crippen LogP contribution in [-0.2, 0) is 14.3 Å². The lowest BCUT2D eigenvalue weighted by Gasteiger charge is -2.40. The lowest BCUT2D eigenvalue weighted by Crippen LogP contribution is -2.60. The van der Waals surface area contributed by atoms with Gasteiger partial charge in [0.15, 0.2) is 6.29 Å². The maximum Gasteiger partial charge on any atom is 0.220 e. The van der Waals surface area contributed by atoms with Crippen LogP contribution in [0, 0.1) is 0 Å². The van der Waals surface area contributed by atoms with Crippen molar-refractivity contribution in [2.45, 2.75) is 275 Å². The smallest absolute Gasteiger partial charge is 0.220 e. The van der Waals surface area contributed by atoms with Gasteiger partial charge in [-0.3, -0.25) is 4.79 Å². The lowest BCUT2D eigenvalue weighted by atomic mass is 9.99. The molecule has 1 heterocycles. The standard InChI is InChI=1S/C48H93NO8/c1-3-5-7-9-11-13-15-17-18-19-20-21-22-23-24-26-28-30-32-34-36-38-44(52)49-41(40-56-48-47(55)46(54)45(53)43(39-50)57-48)42(51)37-35-33-31-29-27-25-16-14-12-10-8-6-4-2/h35,37,41-43,45-48,50-51,53-55H,3-34,36,38-40H2,1-2H3,(H,49,52)/b37-35-/t41-,42+,43+,45+,46-,47+,48+/m0/s1. The molecule has 0 saturated carbocycles. The third-order valence-corrected chi connectivity index (χ3v) is 11.9. The van der Waals surface area contributed by atoms with Crippen LogP contribution in [0.25, 0.3) is 0 Å². The summed E-state index contributed by atoms with van der Waals surface area (Å²) >= 11 is 0. The molecule has 0 unspecified atom stereocenters. The zero-order valence-corrected chi connectivity index (χ0v) is 37.1. The summed E-state index contributed by atoms with van der Waals surface area (Å²) in [5, 5.41) is 54.2. The fraction of sp³-hybridized carbons (Fsp3) is 0.938. The van der Waals surface area contributed by atoms with Crippen LogP contribution in [0.2, 0.25) is 0 Å². The molecule has 1 rings (SSSR count). The minimum absolute atomic E-state index is 0.173. The van der Waals surface area contributed by atoms with Gasteiger partial charge in [0, 0.05) is 6.42 Å². The van der Waals surface area contributed by atoms with Crippen molar-refractivity contribution in [3.63, 3.8) is 0 Å². The first-order valence-electron chi connectivity index (χ1n) is 24.4. The zero-order chi connectivity index (χ0) is 41.6. The third-order valence-electron chi connectivity index (χ3n) is 11.9. The molecule has 0 spiro atoms. The monoisotopic (exact) mass is 812 g/mol. The molecule has 1 aliphatic heterocycles. The van der Waals surface area contributed by atoms with E-state index in [0.29, 0.717) is 6.42 Å². The van der Waals surface area contributed by atoms with Crippen LogP contribution in [0.5, 0.6) is 0 Å². The molecule has 1 amide bonds. The first-order valence-corrected chi connectivity index (χ1v) is 24.4. The van der Waals surface area contributed by atoms with Crippen molar-refractivity contribution in [1.82, 2.24) is 5.32 Å². The maximum absolute atomic E-state index is 13.0. The van der Waals surface area contributed by atoms with E-state index >= 15 is 0 Å². The normalized spacial score (nSPS) is 21.0. The zero-order valence-electron chi connectivity index (χ0n) is 37.1. The molecular formula is C48H93NO8. The maximum atomic E-state index is 13.0. The molecule has 7 atom stereocenters. The number of nitrogens with one attached hydrogen (secondary N) is 1. The van der Waals surface area contributed by atoms with Crippen molar-refractivity contribution in [2.75, 3.05) is 13.2 Å². The first kappa shape index (κ1) is 53.9. The van der Waals surface area contributed by atoms with E-state index < -0.39 is 49.5 Å². The second kappa shape index (κ2) is 39.1. The fourth-order valence-electron chi connectivity index (χ4n) is 7.92. The highest BCUT2D eigenvalue weighted by atomic mass is 16.7. The van der Waals surface area contributed by atoms with E-state index in [2.05, 4.69) is 19.2 Å². The van der Waals surface area contributed by atoms with Gasteiger partial charge in [-0.15, -0.1) is 0 Å². The Hall–Kier alpha value is -1.07. The number of hydrogen-bond acceptors (Lipinski definition) is 8. The number of aliphatic hydroxyl groups excluding tert-OH is 5. The summed E-state index contributed by atoms with van der Waals surface area (Å²) in [6, 6.07) is -0.798. The van der Waals surface area contributed by atoms with Crippen molar-refractivity contribution in [2.24, 2.45) is 0 Å². The quantitative estimate of drug-likeness (QED) is 0.0264. The Morgan fingerprint density at radius 3 is 1.37 bits per heavy atom. The molecule has 9 heteroatoms. The van der Waals surface area contributed by atoms with Crippen LogP contribution >= 0.6 is 0 Å². The van der Waals surface area contributed by atoms with Crippen LogP contribution < -0.4 is 5.32 Å². The number of hydrogen-bond donors (Lipinski definition) is 6. The van der Waals surface area contributed by atoms with E-state index in [4.69, 9.17) is 9.47 Å². The van der Waals surface area contributed by atoms with E-state index in [0.717, 1.165) is 38.5 Å². The van der Waals surface area contributed by atoms with E-state index in [-0.39, 0.29) is 12.5 Å². The Labute approximate surface area is 350 Å². The average molecular weight is 812 g/mol. The Kier molecular flexibility index (Phi) is 37.0. The molecule has 0 radical (unpaired) electrons. The number of aliphatic hydroxyl groups is 5. The number of carbonyl (C=O) groups is 1. The molecule has 1 aliphatic rings. The van der Waals surface area contributed by atoms with Crippen molar-refractivity contribution >= 4 is 5.91 Å². The molecule has 0 bridgehead atoms. The number of amides is 1. The number of unbranched alkanes of at least 4 members (excludes halogenated alkanes) is 31. The van der Waals surface area contributed by atoms with Gasteiger partial charge in [-0.2, -0.15) is 0 Å². The van der Waals surface area contributed by atoms with Gasteiger partial charge in [0.1, 0.15) is 24.4 Å². The molecule has 1 saturated heterocycles. The van der Waals surface area contributed by atoms with Gasteiger partial charge in [-0.1, -0.05) is 219 Å². The number of rotatable bonds is 41. The summed E-state index contributed by atoms with van der Waals surface area (Å²) in [5.74, 6) is -0.173.